The second-order valence-corrected chi connectivity index (χ2v) is 4.31. The van der Waals surface area contributed by atoms with E-state index < -0.39 is 0 Å². The Kier molecular flexibility index (Phi) is 3.58. The van der Waals surface area contributed by atoms with Crippen LogP contribution in [0.2, 0.25) is 0 Å². The van der Waals surface area contributed by atoms with Gasteiger partial charge >= 0.3 is 0 Å². The van der Waals surface area contributed by atoms with Crippen molar-refractivity contribution in [1.29, 1.82) is 0 Å². The number of nitrogen functional groups attached to an aromatic ring is 1. The average molecular weight is 298 g/mol. The summed E-state index contributed by atoms with van der Waals surface area (Å²) in [6, 6.07) is 0. The van der Waals surface area contributed by atoms with E-state index in [9.17, 15) is 0 Å². The van der Waals surface area contributed by atoms with E-state index in [1.165, 1.54) is 6.33 Å². The van der Waals surface area contributed by atoms with Crippen molar-refractivity contribution in [2.45, 2.75) is 13.3 Å². The number of rotatable bonds is 4. The molecule has 0 amide bonds. The number of nitrogens with one attached hydrogen (secondary N) is 1. The first-order valence-corrected chi connectivity index (χ1v) is 5.87. The minimum absolute atomic E-state index is 0.598. The second kappa shape index (κ2) is 5.13. The highest BCUT2D eigenvalue weighted by atomic mass is 79.9. The molecular formula is C10H12BrN5O. The lowest BCUT2D eigenvalue weighted by Gasteiger charge is -2.09. The molecule has 17 heavy (non-hydrogen) atoms. The summed E-state index contributed by atoms with van der Waals surface area (Å²) < 4.78 is 5.77. The summed E-state index contributed by atoms with van der Waals surface area (Å²) >= 11 is 3.45. The quantitative estimate of drug-likeness (QED) is 0.894. The fourth-order valence-electron chi connectivity index (χ4n) is 1.31. The largest absolute Gasteiger partial charge is 0.397 e. The van der Waals surface area contributed by atoms with E-state index in [2.05, 4.69) is 36.4 Å². The van der Waals surface area contributed by atoms with Crippen LogP contribution in [0.15, 0.2) is 21.5 Å². The molecule has 0 radical (unpaired) electrons. The highest BCUT2D eigenvalue weighted by Crippen LogP contribution is 2.27. The highest BCUT2D eigenvalue weighted by Gasteiger charge is 2.07. The molecule has 0 unspecified atom stereocenters. The topological polar surface area (TPSA) is 89.9 Å². The summed E-state index contributed by atoms with van der Waals surface area (Å²) in [6.45, 7) is 2.60. The summed E-state index contributed by atoms with van der Waals surface area (Å²) in [7, 11) is 0. The Balaban J connectivity index is 1.97. The van der Waals surface area contributed by atoms with Crippen LogP contribution in [0.5, 0.6) is 0 Å². The molecule has 0 aromatic carbocycles. The first kappa shape index (κ1) is 11.8. The molecule has 2 aromatic rings. The number of aromatic nitrogens is 3. The van der Waals surface area contributed by atoms with Crippen molar-refractivity contribution < 1.29 is 4.52 Å². The van der Waals surface area contributed by atoms with Crippen LogP contribution in [0.1, 0.15) is 11.5 Å². The number of pyridine rings is 1. The fourth-order valence-corrected chi connectivity index (χ4v) is 1.78. The van der Waals surface area contributed by atoms with E-state index in [0.717, 1.165) is 15.9 Å². The monoisotopic (exact) mass is 297 g/mol. The van der Waals surface area contributed by atoms with E-state index in [4.69, 9.17) is 10.3 Å². The van der Waals surface area contributed by atoms with Gasteiger partial charge in [0.05, 0.1) is 16.4 Å². The number of nitrogens with zero attached hydrogens (tertiary/aromatic N) is 3. The maximum absolute atomic E-state index is 5.74. The summed E-state index contributed by atoms with van der Waals surface area (Å²) in [5.41, 5.74) is 7.38. The Morgan fingerprint density at radius 3 is 3.00 bits per heavy atom. The maximum atomic E-state index is 5.74. The third kappa shape index (κ3) is 2.73. The van der Waals surface area contributed by atoms with Crippen LogP contribution in [-0.2, 0) is 6.42 Å². The van der Waals surface area contributed by atoms with Crippen molar-refractivity contribution >= 4 is 27.4 Å². The molecule has 0 fully saturated rings. The van der Waals surface area contributed by atoms with Crippen molar-refractivity contribution in [2.75, 3.05) is 17.6 Å². The number of nitrogens with two attached hydrogens (primary N) is 1. The Morgan fingerprint density at radius 1 is 1.47 bits per heavy atom. The van der Waals surface area contributed by atoms with E-state index >= 15 is 0 Å². The van der Waals surface area contributed by atoms with Crippen LogP contribution in [0.4, 0.5) is 11.5 Å². The lowest BCUT2D eigenvalue weighted by atomic mass is 10.2. The van der Waals surface area contributed by atoms with Crippen molar-refractivity contribution in [3.63, 3.8) is 0 Å². The van der Waals surface area contributed by atoms with Crippen molar-refractivity contribution in [1.82, 2.24) is 15.1 Å². The van der Waals surface area contributed by atoms with E-state index in [-0.39, 0.29) is 0 Å². The third-order valence-electron chi connectivity index (χ3n) is 2.34. The highest BCUT2D eigenvalue weighted by molar-refractivity contribution is 9.10. The lowest BCUT2D eigenvalue weighted by molar-refractivity contribution is 0.379. The Hall–Kier alpha value is -1.63. The number of halogens is 1. The number of hydrogen-bond acceptors (Lipinski definition) is 6. The average Bonchev–Trinajstić information content (AvgIpc) is 2.82. The molecule has 0 aliphatic rings. The zero-order valence-corrected chi connectivity index (χ0v) is 10.9. The van der Waals surface area contributed by atoms with Crippen LogP contribution >= 0.6 is 15.9 Å². The Morgan fingerprint density at radius 2 is 2.29 bits per heavy atom. The van der Waals surface area contributed by atoms with Gasteiger partial charge in [0.1, 0.15) is 5.82 Å². The van der Waals surface area contributed by atoms with Gasteiger partial charge in [-0.2, -0.15) is 4.98 Å². The maximum Gasteiger partial charge on any atom is 0.228 e. The van der Waals surface area contributed by atoms with Gasteiger partial charge in [-0.15, -0.1) is 0 Å². The molecule has 0 saturated carbocycles. The number of anilines is 2. The smallest absolute Gasteiger partial charge is 0.228 e. The van der Waals surface area contributed by atoms with Crippen LogP contribution in [-0.4, -0.2) is 21.7 Å². The normalized spacial score (nSPS) is 10.5. The van der Waals surface area contributed by atoms with Crippen molar-refractivity contribution in [3.8, 4) is 0 Å². The zero-order valence-electron chi connectivity index (χ0n) is 9.27. The molecule has 2 heterocycles. The standard InChI is InChI=1S/C10H12BrN5O/c1-6-7(12)4-14-10(9(6)11)13-3-2-8-15-5-16-17-8/h4-5H,2-3,12H2,1H3,(H,13,14). The molecule has 0 atom stereocenters. The second-order valence-electron chi connectivity index (χ2n) is 3.51. The predicted octanol–water partition coefficient (Wildman–Crippen LogP) is 1.77. The van der Waals surface area contributed by atoms with Crippen LogP contribution in [0.3, 0.4) is 0 Å². The molecule has 2 rings (SSSR count). The molecular weight excluding hydrogens is 286 g/mol. The van der Waals surface area contributed by atoms with Gasteiger partial charge < -0.3 is 15.6 Å². The van der Waals surface area contributed by atoms with Crippen molar-refractivity contribution in [3.05, 3.63) is 28.5 Å². The molecule has 3 N–H and O–H groups in total. The Bertz CT molecular complexity index is 500. The summed E-state index contributed by atoms with van der Waals surface area (Å²) in [5, 5.41) is 6.71. The van der Waals surface area contributed by atoms with E-state index in [1.54, 1.807) is 6.20 Å². The van der Waals surface area contributed by atoms with Gasteiger partial charge in [-0.05, 0) is 28.4 Å². The first-order valence-electron chi connectivity index (χ1n) is 5.08. The van der Waals surface area contributed by atoms with E-state index in [1.807, 2.05) is 6.92 Å². The minimum atomic E-state index is 0.598. The molecule has 0 aliphatic carbocycles. The van der Waals surface area contributed by atoms with Crippen LogP contribution in [0.25, 0.3) is 0 Å². The third-order valence-corrected chi connectivity index (χ3v) is 3.31. The fraction of sp³-hybridized carbons (Fsp3) is 0.300. The van der Waals surface area contributed by atoms with Gasteiger partial charge in [0, 0.05) is 13.0 Å². The molecule has 2 aromatic heterocycles. The zero-order chi connectivity index (χ0) is 12.3. The molecule has 90 valence electrons. The van der Waals surface area contributed by atoms with E-state index in [0.29, 0.717) is 24.5 Å². The summed E-state index contributed by atoms with van der Waals surface area (Å²) in [6.07, 6.45) is 3.67. The lowest BCUT2D eigenvalue weighted by Crippen LogP contribution is -2.08. The van der Waals surface area contributed by atoms with Crippen LogP contribution < -0.4 is 11.1 Å². The number of hydrogen-bond donors (Lipinski definition) is 2. The predicted molar refractivity (Wildman–Crippen MR) is 67.6 cm³/mol. The van der Waals surface area contributed by atoms with Gasteiger partial charge in [0.15, 0.2) is 6.33 Å². The van der Waals surface area contributed by atoms with Gasteiger partial charge in [-0.1, -0.05) is 5.16 Å². The van der Waals surface area contributed by atoms with Crippen LogP contribution in [0, 0.1) is 6.92 Å². The van der Waals surface area contributed by atoms with Gasteiger partial charge in [0.25, 0.3) is 0 Å². The molecule has 0 spiro atoms. The molecule has 7 heteroatoms. The molecule has 0 saturated heterocycles. The first-order chi connectivity index (χ1) is 8.18. The van der Waals surface area contributed by atoms with Gasteiger partial charge in [-0.25, -0.2) is 4.98 Å². The van der Waals surface area contributed by atoms with Crippen molar-refractivity contribution in [2.24, 2.45) is 0 Å². The molecule has 6 nitrogen and oxygen atoms in total. The summed E-state index contributed by atoms with van der Waals surface area (Å²) in [4.78, 5) is 8.14. The molecule has 0 aliphatic heterocycles. The minimum Gasteiger partial charge on any atom is -0.397 e. The Labute approximate surface area is 107 Å². The SMILES string of the molecule is Cc1c(N)cnc(NCCc2ncno2)c1Br. The molecule has 0 bridgehead atoms. The van der Waals surface area contributed by atoms with Gasteiger partial charge in [-0.3, -0.25) is 0 Å². The van der Waals surface area contributed by atoms with Gasteiger partial charge in [0.2, 0.25) is 5.89 Å². The summed E-state index contributed by atoms with van der Waals surface area (Å²) in [5.74, 6) is 1.36.